The van der Waals surface area contributed by atoms with Crippen LogP contribution in [0.15, 0.2) is 64.3 Å². The van der Waals surface area contributed by atoms with Gasteiger partial charge in [0.1, 0.15) is 5.76 Å². The number of rotatable bonds is 6. The molecule has 9 heteroatoms. The van der Waals surface area contributed by atoms with Gasteiger partial charge in [0, 0.05) is 17.5 Å². The molecule has 2 aromatic carbocycles. The van der Waals surface area contributed by atoms with E-state index in [0.717, 1.165) is 11.3 Å². The SMILES string of the molecule is CCOc1cc(C2NC(=S)N(c3ccc(C)cc3)C(C)=C2C(=O)Nc2cc(C)on2)ccc1O. The minimum Gasteiger partial charge on any atom is -0.504 e. The van der Waals surface area contributed by atoms with Crippen LogP contribution in [0, 0.1) is 13.8 Å². The average Bonchev–Trinajstić information content (AvgIpc) is 3.20. The van der Waals surface area contributed by atoms with Crippen molar-refractivity contribution in [2.75, 3.05) is 16.8 Å². The van der Waals surface area contributed by atoms with E-state index in [1.165, 1.54) is 0 Å². The lowest BCUT2D eigenvalue weighted by molar-refractivity contribution is -0.113. The fraction of sp³-hybridized carbons (Fsp3) is 0.240. The number of ether oxygens (including phenoxy) is 1. The van der Waals surface area contributed by atoms with Gasteiger partial charge in [-0.1, -0.05) is 28.9 Å². The van der Waals surface area contributed by atoms with Gasteiger partial charge in [-0.25, -0.2) is 0 Å². The van der Waals surface area contributed by atoms with Gasteiger partial charge < -0.3 is 25.0 Å². The van der Waals surface area contributed by atoms with Crippen molar-refractivity contribution in [2.45, 2.75) is 33.7 Å². The molecule has 1 aliphatic heterocycles. The van der Waals surface area contributed by atoms with Gasteiger partial charge >= 0.3 is 0 Å². The molecule has 0 aliphatic carbocycles. The Bertz CT molecular complexity index is 1270. The molecule has 0 radical (unpaired) electrons. The first kappa shape index (κ1) is 23.3. The number of nitrogens with zero attached hydrogens (tertiary/aromatic N) is 2. The molecule has 4 rings (SSSR count). The first-order chi connectivity index (χ1) is 16.3. The summed E-state index contributed by atoms with van der Waals surface area (Å²) in [6.07, 6.45) is 0. The maximum Gasteiger partial charge on any atom is 0.257 e. The summed E-state index contributed by atoms with van der Waals surface area (Å²) in [7, 11) is 0. The monoisotopic (exact) mass is 478 g/mol. The normalized spacial score (nSPS) is 15.8. The van der Waals surface area contributed by atoms with Crippen LogP contribution >= 0.6 is 12.2 Å². The van der Waals surface area contributed by atoms with Crippen molar-refractivity contribution in [3.8, 4) is 11.5 Å². The third-order valence-electron chi connectivity index (χ3n) is 5.51. The van der Waals surface area contributed by atoms with Crippen molar-refractivity contribution in [1.29, 1.82) is 0 Å². The first-order valence-corrected chi connectivity index (χ1v) is 11.3. The molecule has 1 aromatic heterocycles. The molecule has 1 atom stereocenters. The summed E-state index contributed by atoms with van der Waals surface area (Å²) in [6, 6.07) is 13.9. The number of phenolic OH excluding ortho intramolecular Hbond substituents is 1. The number of benzene rings is 2. The second kappa shape index (κ2) is 9.56. The summed E-state index contributed by atoms with van der Waals surface area (Å²) in [4.78, 5) is 15.4. The van der Waals surface area contributed by atoms with Gasteiger partial charge in [-0.3, -0.25) is 9.69 Å². The van der Waals surface area contributed by atoms with E-state index in [2.05, 4.69) is 15.8 Å². The van der Waals surface area contributed by atoms with E-state index in [0.29, 0.717) is 45.9 Å². The van der Waals surface area contributed by atoms with Crippen LogP contribution in [0.25, 0.3) is 0 Å². The Morgan fingerprint density at radius 3 is 2.59 bits per heavy atom. The van der Waals surface area contributed by atoms with Crippen molar-refractivity contribution in [1.82, 2.24) is 10.5 Å². The smallest absolute Gasteiger partial charge is 0.257 e. The zero-order valence-electron chi connectivity index (χ0n) is 19.4. The molecule has 1 unspecified atom stereocenters. The van der Waals surface area contributed by atoms with Crippen LogP contribution in [-0.4, -0.2) is 27.9 Å². The summed E-state index contributed by atoms with van der Waals surface area (Å²) in [5.74, 6) is 0.904. The maximum atomic E-state index is 13.5. The molecular weight excluding hydrogens is 452 g/mol. The molecule has 0 fully saturated rings. The van der Waals surface area contributed by atoms with E-state index in [4.69, 9.17) is 21.5 Å². The summed E-state index contributed by atoms with van der Waals surface area (Å²) in [5, 5.41) is 20.6. The van der Waals surface area contributed by atoms with Crippen molar-refractivity contribution in [3.05, 3.63) is 76.7 Å². The predicted octanol–water partition coefficient (Wildman–Crippen LogP) is 4.74. The maximum absolute atomic E-state index is 13.5. The van der Waals surface area contributed by atoms with Crippen LogP contribution < -0.4 is 20.3 Å². The number of thiocarbonyl (C=S) groups is 1. The minimum atomic E-state index is -0.581. The Labute approximate surface area is 203 Å². The molecule has 1 aliphatic rings. The Morgan fingerprint density at radius 2 is 1.94 bits per heavy atom. The van der Waals surface area contributed by atoms with E-state index in [-0.39, 0.29) is 11.7 Å². The largest absolute Gasteiger partial charge is 0.504 e. The zero-order valence-corrected chi connectivity index (χ0v) is 20.2. The number of carbonyl (C=O) groups is 1. The van der Waals surface area contributed by atoms with E-state index in [1.54, 1.807) is 31.2 Å². The molecule has 0 saturated heterocycles. The van der Waals surface area contributed by atoms with Gasteiger partial charge in [-0.05, 0) is 69.7 Å². The number of carbonyl (C=O) groups excluding carboxylic acids is 1. The van der Waals surface area contributed by atoms with Gasteiger partial charge in [-0.15, -0.1) is 0 Å². The first-order valence-electron chi connectivity index (χ1n) is 10.9. The predicted molar refractivity (Wildman–Crippen MR) is 134 cm³/mol. The third-order valence-corrected chi connectivity index (χ3v) is 5.81. The number of amides is 1. The van der Waals surface area contributed by atoms with Crippen LogP contribution in [0.1, 0.15) is 36.8 Å². The standard InChI is InChI=1S/C25H26N4O4S/c1-5-32-20-13-17(8-11-19(20)30)23-22(24(31)26-21-12-15(3)33-28-21)16(4)29(25(34)27-23)18-9-6-14(2)7-10-18/h6-13,23,30H,5H2,1-4H3,(H,27,34)(H,26,28,31). The number of hydrogen-bond acceptors (Lipinski definition) is 6. The van der Waals surface area contributed by atoms with Crippen LogP contribution in [0.4, 0.5) is 11.5 Å². The van der Waals surface area contributed by atoms with Crippen LogP contribution in [0.3, 0.4) is 0 Å². The fourth-order valence-electron chi connectivity index (χ4n) is 3.88. The number of hydrogen-bond donors (Lipinski definition) is 3. The quantitative estimate of drug-likeness (QED) is 0.437. The molecule has 34 heavy (non-hydrogen) atoms. The highest BCUT2D eigenvalue weighted by Crippen LogP contribution is 2.37. The molecule has 2 heterocycles. The van der Waals surface area contributed by atoms with E-state index < -0.39 is 6.04 Å². The molecule has 3 N–H and O–H groups in total. The van der Waals surface area contributed by atoms with Crippen LogP contribution in [0.2, 0.25) is 0 Å². The van der Waals surface area contributed by atoms with Crippen molar-refractivity contribution < 1.29 is 19.2 Å². The number of phenols is 1. The van der Waals surface area contributed by atoms with E-state index in [9.17, 15) is 9.90 Å². The highest BCUT2D eigenvalue weighted by atomic mass is 32.1. The van der Waals surface area contributed by atoms with E-state index >= 15 is 0 Å². The molecule has 0 bridgehead atoms. The van der Waals surface area contributed by atoms with Crippen LogP contribution in [-0.2, 0) is 4.79 Å². The molecule has 3 aromatic rings. The van der Waals surface area contributed by atoms with Crippen molar-refractivity contribution >= 4 is 34.7 Å². The van der Waals surface area contributed by atoms with Gasteiger partial charge in [0.05, 0.1) is 18.2 Å². The zero-order chi connectivity index (χ0) is 24.4. The summed E-state index contributed by atoms with van der Waals surface area (Å²) in [6.45, 7) is 7.84. The lowest BCUT2D eigenvalue weighted by Crippen LogP contribution is -2.48. The summed E-state index contributed by atoms with van der Waals surface area (Å²) in [5.41, 5.74) is 3.78. The summed E-state index contributed by atoms with van der Waals surface area (Å²) < 4.78 is 10.7. The number of aromatic hydroxyl groups is 1. The highest BCUT2D eigenvalue weighted by molar-refractivity contribution is 7.80. The van der Waals surface area contributed by atoms with Gasteiger partial charge in [0.15, 0.2) is 22.4 Å². The molecule has 0 spiro atoms. The average molecular weight is 479 g/mol. The number of allylic oxidation sites excluding steroid dienone is 1. The molecule has 1 amide bonds. The van der Waals surface area contributed by atoms with Gasteiger partial charge in [0.2, 0.25) is 0 Å². The molecule has 0 saturated carbocycles. The number of nitrogens with one attached hydrogen (secondary N) is 2. The van der Waals surface area contributed by atoms with Crippen molar-refractivity contribution in [3.63, 3.8) is 0 Å². The Kier molecular flexibility index (Phi) is 6.56. The Hall–Kier alpha value is -3.85. The van der Waals surface area contributed by atoms with Gasteiger partial charge in [0.25, 0.3) is 5.91 Å². The van der Waals surface area contributed by atoms with E-state index in [1.807, 2.05) is 49.9 Å². The molecule has 176 valence electrons. The Balaban J connectivity index is 1.81. The second-order valence-electron chi connectivity index (χ2n) is 7.99. The third kappa shape index (κ3) is 4.60. The summed E-state index contributed by atoms with van der Waals surface area (Å²) >= 11 is 5.72. The van der Waals surface area contributed by atoms with Crippen LogP contribution in [0.5, 0.6) is 11.5 Å². The van der Waals surface area contributed by atoms with Gasteiger partial charge in [-0.2, -0.15) is 0 Å². The number of anilines is 2. The molecular formula is C25H26N4O4S. The lowest BCUT2D eigenvalue weighted by Gasteiger charge is -2.38. The lowest BCUT2D eigenvalue weighted by atomic mass is 9.93. The minimum absolute atomic E-state index is 0.0232. The number of aromatic nitrogens is 1. The highest BCUT2D eigenvalue weighted by Gasteiger charge is 2.35. The second-order valence-corrected chi connectivity index (χ2v) is 8.38. The topological polar surface area (TPSA) is 99.9 Å². The molecule has 8 nitrogen and oxygen atoms in total. The fourth-order valence-corrected chi connectivity index (χ4v) is 4.24. The Morgan fingerprint density at radius 1 is 1.21 bits per heavy atom. The number of aryl methyl sites for hydroxylation is 2. The van der Waals surface area contributed by atoms with Crippen molar-refractivity contribution in [2.24, 2.45) is 0 Å².